The summed E-state index contributed by atoms with van der Waals surface area (Å²) in [6, 6.07) is 11.0. The van der Waals surface area contributed by atoms with E-state index in [1.165, 1.54) is 18.3 Å². The number of carboxylic acid groups (broad SMARTS) is 1. The van der Waals surface area contributed by atoms with Crippen LogP contribution >= 0.6 is 0 Å². The molecule has 3 rings (SSSR count). The van der Waals surface area contributed by atoms with Gasteiger partial charge in [0, 0.05) is 17.8 Å². The SMILES string of the molecule is O=C(O)c1cccc(-c2ccc3cnccc3c2[N+](=O)[O-])c1. The van der Waals surface area contributed by atoms with Crippen molar-refractivity contribution in [1.82, 2.24) is 4.98 Å². The fourth-order valence-electron chi connectivity index (χ4n) is 2.40. The van der Waals surface area contributed by atoms with E-state index >= 15 is 0 Å². The van der Waals surface area contributed by atoms with Gasteiger partial charge in [0.1, 0.15) is 0 Å². The van der Waals surface area contributed by atoms with Crippen LogP contribution in [0.2, 0.25) is 0 Å². The van der Waals surface area contributed by atoms with E-state index in [9.17, 15) is 14.9 Å². The molecular weight excluding hydrogens is 284 g/mol. The Kier molecular flexibility index (Phi) is 3.27. The molecule has 6 heteroatoms. The molecule has 22 heavy (non-hydrogen) atoms. The number of carbonyl (C=O) groups is 1. The highest BCUT2D eigenvalue weighted by Crippen LogP contribution is 2.36. The van der Waals surface area contributed by atoms with E-state index in [1.54, 1.807) is 36.5 Å². The second kappa shape index (κ2) is 5.25. The van der Waals surface area contributed by atoms with Gasteiger partial charge in [-0.25, -0.2) is 4.79 Å². The van der Waals surface area contributed by atoms with Gasteiger partial charge in [-0.05, 0) is 29.8 Å². The number of fused-ring (bicyclic) bond motifs is 1. The largest absolute Gasteiger partial charge is 0.478 e. The average Bonchev–Trinajstić information content (AvgIpc) is 2.53. The lowest BCUT2D eigenvalue weighted by molar-refractivity contribution is -0.382. The van der Waals surface area contributed by atoms with Crippen LogP contribution in [0.15, 0.2) is 54.9 Å². The zero-order valence-corrected chi connectivity index (χ0v) is 11.3. The summed E-state index contributed by atoms with van der Waals surface area (Å²) >= 11 is 0. The molecule has 0 amide bonds. The van der Waals surface area contributed by atoms with Crippen molar-refractivity contribution in [2.75, 3.05) is 0 Å². The molecule has 2 aromatic carbocycles. The number of hydrogen-bond donors (Lipinski definition) is 1. The lowest BCUT2D eigenvalue weighted by Gasteiger charge is -2.07. The van der Waals surface area contributed by atoms with Gasteiger partial charge >= 0.3 is 5.97 Å². The summed E-state index contributed by atoms with van der Waals surface area (Å²) in [7, 11) is 0. The van der Waals surface area contributed by atoms with E-state index < -0.39 is 10.9 Å². The Balaban J connectivity index is 2.31. The Hall–Kier alpha value is -3.28. The van der Waals surface area contributed by atoms with Gasteiger partial charge in [-0.15, -0.1) is 0 Å². The topological polar surface area (TPSA) is 93.3 Å². The molecule has 0 atom stereocenters. The summed E-state index contributed by atoms with van der Waals surface area (Å²) in [5.74, 6) is -1.07. The molecule has 0 aliphatic rings. The van der Waals surface area contributed by atoms with Gasteiger partial charge in [-0.1, -0.05) is 18.2 Å². The van der Waals surface area contributed by atoms with E-state index in [0.29, 0.717) is 21.9 Å². The molecule has 0 unspecified atom stereocenters. The predicted molar refractivity (Wildman–Crippen MR) is 80.8 cm³/mol. The highest BCUT2D eigenvalue weighted by atomic mass is 16.6. The number of nitro benzene ring substituents is 1. The van der Waals surface area contributed by atoms with Gasteiger partial charge < -0.3 is 5.11 Å². The number of pyridine rings is 1. The predicted octanol–water partition coefficient (Wildman–Crippen LogP) is 3.51. The summed E-state index contributed by atoms with van der Waals surface area (Å²) in [6.45, 7) is 0. The van der Waals surface area contributed by atoms with Crippen molar-refractivity contribution >= 4 is 22.4 Å². The molecule has 1 N–H and O–H groups in total. The van der Waals surface area contributed by atoms with Crippen molar-refractivity contribution in [3.05, 3.63) is 70.5 Å². The Morgan fingerprint density at radius 2 is 2.00 bits per heavy atom. The molecule has 0 fully saturated rings. The first-order valence-electron chi connectivity index (χ1n) is 6.43. The lowest BCUT2D eigenvalue weighted by atomic mass is 9.98. The van der Waals surface area contributed by atoms with Gasteiger partial charge in [-0.2, -0.15) is 0 Å². The second-order valence-electron chi connectivity index (χ2n) is 4.70. The van der Waals surface area contributed by atoms with Gasteiger partial charge in [-0.3, -0.25) is 15.1 Å². The molecule has 0 aliphatic heterocycles. The van der Waals surface area contributed by atoms with Crippen LogP contribution < -0.4 is 0 Å². The summed E-state index contributed by atoms with van der Waals surface area (Å²) < 4.78 is 0. The van der Waals surface area contributed by atoms with Crippen LogP contribution in [-0.4, -0.2) is 21.0 Å². The summed E-state index contributed by atoms with van der Waals surface area (Å²) in [5.41, 5.74) is 0.904. The van der Waals surface area contributed by atoms with Gasteiger partial charge in [0.05, 0.1) is 21.4 Å². The first kappa shape index (κ1) is 13.7. The number of nitro groups is 1. The highest BCUT2D eigenvalue weighted by Gasteiger charge is 2.20. The van der Waals surface area contributed by atoms with Crippen LogP contribution in [0.5, 0.6) is 0 Å². The van der Waals surface area contributed by atoms with Crippen LogP contribution in [-0.2, 0) is 0 Å². The van der Waals surface area contributed by atoms with E-state index in [1.807, 2.05) is 0 Å². The first-order valence-corrected chi connectivity index (χ1v) is 6.43. The molecule has 0 saturated carbocycles. The van der Waals surface area contributed by atoms with Crippen molar-refractivity contribution < 1.29 is 14.8 Å². The van der Waals surface area contributed by atoms with E-state index in [4.69, 9.17) is 5.11 Å². The smallest absolute Gasteiger partial charge is 0.335 e. The Morgan fingerprint density at radius 3 is 2.73 bits per heavy atom. The molecule has 0 aliphatic carbocycles. The molecule has 0 spiro atoms. The minimum absolute atomic E-state index is 0.0533. The van der Waals surface area contributed by atoms with Crippen molar-refractivity contribution in [1.29, 1.82) is 0 Å². The quantitative estimate of drug-likeness (QED) is 0.589. The molecule has 1 heterocycles. The third-order valence-corrected chi connectivity index (χ3v) is 3.39. The number of hydrogen-bond acceptors (Lipinski definition) is 4. The molecule has 0 bridgehead atoms. The zero-order valence-electron chi connectivity index (χ0n) is 11.3. The molecule has 0 radical (unpaired) electrons. The van der Waals surface area contributed by atoms with E-state index in [2.05, 4.69) is 4.98 Å². The minimum Gasteiger partial charge on any atom is -0.478 e. The maximum Gasteiger partial charge on any atom is 0.335 e. The molecule has 3 aromatic rings. The Labute approximate surface area is 124 Å². The fourth-order valence-corrected chi connectivity index (χ4v) is 2.40. The summed E-state index contributed by atoms with van der Waals surface area (Å²) in [6.07, 6.45) is 3.05. The standard InChI is InChI=1S/C16H10N2O4/c19-16(20)11-3-1-2-10(8-11)13-5-4-12-9-17-7-6-14(12)15(13)18(21)22/h1-9H,(H,19,20). The Bertz CT molecular complexity index is 906. The van der Waals surface area contributed by atoms with Gasteiger partial charge in [0.15, 0.2) is 0 Å². The molecule has 0 saturated heterocycles. The van der Waals surface area contributed by atoms with Crippen LogP contribution in [0.1, 0.15) is 10.4 Å². The number of benzene rings is 2. The van der Waals surface area contributed by atoms with Crippen molar-refractivity contribution in [2.24, 2.45) is 0 Å². The maximum absolute atomic E-state index is 11.5. The molecule has 6 nitrogen and oxygen atoms in total. The van der Waals surface area contributed by atoms with Crippen LogP contribution in [0, 0.1) is 10.1 Å². The average molecular weight is 294 g/mol. The third-order valence-electron chi connectivity index (χ3n) is 3.39. The van der Waals surface area contributed by atoms with Crippen molar-refractivity contribution in [3.8, 4) is 11.1 Å². The second-order valence-corrected chi connectivity index (χ2v) is 4.70. The van der Waals surface area contributed by atoms with Crippen LogP contribution in [0.4, 0.5) is 5.69 Å². The highest BCUT2D eigenvalue weighted by molar-refractivity contribution is 5.98. The van der Waals surface area contributed by atoms with E-state index in [-0.39, 0.29) is 11.3 Å². The number of nitrogens with zero attached hydrogens (tertiary/aromatic N) is 2. The fraction of sp³-hybridized carbons (Fsp3) is 0. The third kappa shape index (κ3) is 2.26. The zero-order chi connectivity index (χ0) is 15.7. The van der Waals surface area contributed by atoms with Crippen molar-refractivity contribution in [2.45, 2.75) is 0 Å². The van der Waals surface area contributed by atoms with Crippen LogP contribution in [0.3, 0.4) is 0 Å². The monoisotopic (exact) mass is 294 g/mol. The summed E-state index contributed by atoms with van der Waals surface area (Å²) in [5, 5.41) is 21.7. The summed E-state index contributed by atoms with van der Waals surface area (Å²) in [4.78, 5) is 26.1. The lowest BCUT2D eigenvalue weighted by Crippen LogP contribution is -1.98. The molecule has 108 valence electrons. The van der Waals surface area contributed by atoms with Crippen molar-refractivity contribution in [3.63, 3.8) is 0 Å². The normalized spacial score (nSPS) is 10.5. The Morgan fingerprint density at radius 1 is 1.18 bits per heavy atom. The maximum atomic E-state index is 11.5. The first-order chi connectivity index (χ1) is 10.6. The van der Waals surface area contributed by atoms with E-state index in [0.717, 1.165) is 0 Å². The van der Waals surface area contributed by atoms with Gasteiger partial charge in [0.25, 0.3) is 5.69 Å². The van der Waals surface area contributed by atoms with Crippen LogP contribution in [0.25, 0.3) is 21.9 Å². The van der Waals surface area contributed by atoms with Gasteiger partial charge in [0.2, 0.25) is 0 Å². The number of aromatic nitrogens is 1. The minimum atomic E-state index is -1.07. The number of carboxylic acids is 1. The molecular formula is C16H10N2O4. The number of rotatable bonds is 3. The molecule has 1 aromatic heterocycles. The number of aromatic carboxylic acids is 1.